The van der Waals surface area contributed by atoms with Gasteiger partial charge in [0.1, 0.15) is 5.69 Å². The Labute approximate surface area is 95.7 Å². The monoisotopic (exact) mass is 238 g/mol. The van der Waals surface area contributed by atoms with Gasteiger partial charge < -0.3 is 5.32 Å². The molecule has 0 saturated carbocycles. The molecule has 0 aliphatic carbocycles. The summed E-state index contributed by atoms with van der Waals surface area (Å²) < 4.78 is 0.369. The summed E-state index contributed by atoms with van der Waals surface area (Å²) in [6.07, 6.45) is 0. The number of anilines is 1. The van der Waals surface area contributed by atoms with Crippen molar-refractivity contribution in [2.45, 2.75) is 0 Å². The maximum atomic E-state index is 11.6. The molecule has 2 rings (SSSR count). The van der Waals surface area contributed by atoms with E-state index in [2.05, 4.69) is 10.3 Å². The number of hydrogen-bond donors (Lipinski definition) is 1. The van der Waals surface area contributed by atoms with Gasteiger partial charge in [0.25, 0.3) is 5.91 Å². The zero-order valence-corrected chi connectivity index (χ0v) is 9.18. The molecule has 0 aliphatic heterocycles. The molecule has 5 heteroatoms. The highest BCUT2D eigenvalue weighted by atomic mass is 35.5. The summed E-state index contributed by atoms with van der Waals surface area (Å²) in [5.41, 5.74) is 1.08. The molecule has 1 amide bonds. The Balaban J connectivity index is 2.11. The second-order valence-corrected chi connectivity index (χ2v) is 4.25. The smallest absolute Gasteiger partial charge is 0.275 e. The maximum absolute atomic E-state index is 11.6. The van der Waals surface area contributed by atoms with E-state index in [-0.39, 0.29) is 5.91 Å². The molecule has 2 aromatic rings. The second kappa shape index (κ2) is 4.42. The Hall–Kier alpha value is -1.39. The van der Waals surface area contributed by atoms with Crippen LogP contribution in [0, 0.1) is 0 Å². The first-order valence-corrected chi connectivity index (χ1v) is 5.49. The van der Waals surface area contributed by atoms with Crippen molar-refractivity contribution in [1.82, 2.24) is 4.98 Å². The van der Waals surface area contributed by atoms with Crippen molar-refractivity contribution in [3.8, 4) is 0 Å². The predicted molar refractivity (Wildman–Crippen MR) is 61.5 cm³/mol. The van der Waals surface area contributed by atoms with E-state index in [1.165, 1.54) is 11.3 Å². The van der Waals surface area contributed by atoms with Crippen molar-refractivity contribution in [2.75, 3.05) is 5.32 Å². The van der Waals surface area contributed by atoms with E-state index < -0.39 is 0 Å². The fourth-order valence-electron chi connectivity index (χ4n) is 1.07. The zero-order valence-electron chi connectivity index (χ0n) is 7.61. The zero-order chi connectivity index (χ0) is 10.7. The highest BCUT2D eigenvalue weighted by molar-refractivity contribution is 7.14. The molecule has 1 N–H and O–H groups in total. The number of amides is 1. The van der Waals surface area contributed by atoms with Crippen LogP contribution in [-0.2, 0) is 0 Å². The van der Waals surface area contributed by atoms with Gasteiger partial charge in [0.15, 0.2) is 4.47 Å². The highest BCUT2D eigenvalue weighted by Gasteiger charge is 2.09. The first kappa shape index (κ1) is 10.1. The Kier molecular flexibility index (Phi) is 2.99. The molecule has 15 heavy (non-hydrogen) atoms. The van der Waals surface area contributed by atoms with Crippen molar-refractivity contribution in [2.24, 2.45) is 0 Å². The first-order valence-electron chi connectivity index (χ1n) is 4.23. The van der Waals surface area contributed by atoms with Crippen LogP contribution in [-0.4, -0.2) is 10.9 Å². The Bertz CT molecular complexity index is 469. The number of para-hydroxylation sites is 1. The third kappa shape index (κ3) is 2.55. The summed E-state index contributed by atoms with van der Waals surface area (Å²) in [5.74, 6) is -0.246. The SMILES string of the molecule is O=C(Nc1ccccc1)c1csc(Cl)n1. The lowest BCUT2D eigenvalue weighted by Crippen LogP contribution is -2.11. The summed E-state index contributed by atoms with van der Waals surface area (Å²) >= 11 is 6.87. The van der Waals surface area contributed by atoms with Crippen LogP contribution in [0.5, 0.6) is 0 Å². The van der Waals surface area contributed by atoms with Crippen molar-refractivity contribution in [3.05, 3.63) is 45.9 Å². The van der Waals surface area contributed by atoms with E-state index in [4.69, 9.17) is 11.6 Å². The highest BCUT2D eigenvalue weighted by Crippen LogP contribution is 2.16. The lowest BCUT2D eigenvalue weighted by atomic mass is 10.3. The largest absolute Gasteiger partial charge is 0.321 e. The lowest BCUT2D eigenvalue weighted by molar-refractivity contribution is 0.102. The number of hydrogen-bond acceptors (Lipinski definition) is 3. The molecular weight excluding hydrogens is 232 g/mol. The fraction of sp³-hybridized carbons (Fsp3) is 0. The third-order valence-corrected chi connectivity index (χ3v) is 2.72. The number of aromatic nitrogens is 1. The molecule has 76 valence electrons. The van der Waals surface area contributed by atoms with E-state index in [1.54, 1.807) is 5.38 Å². The van der Waals surface area contributed by atoms with Crippen LogP contribution < -0.4 is 5.32 Å². The van der Waals surface area contributed by atoms with Crippen LogP contribution in [0.3, 0.4) is 0 Å². The molecule has 1 aromatic heterocycles. The normalized spacial score (nSPS) is 9.93. The maximum Gasteiger partial charge on any atom is 0.275 e. The Morgan fingerprint density at radius 2 is 2.07 bits per heavy atom. The van der Waals surface area contributed by atoms with Crippen molar-refractivity contribution < 1.29 is 4.79 Å². The van der Waals surface area contributed by atoms with Gasteiger partial charge >= 0.3 is 0 Å². The summed E-state index contributed by atoms with van der Waals surface area (Å²) in [5, 5.41) is 4.34. The molecule has 0 saturated heterocycles. The van der Waals surface area contributed by atoms with Crippen molar-refractivity contribution in [3.63, 3.8) is 0 Å². The van der Waals surface area contributed by atoms with Gasteiger partial charge in [0.05, 0.1) is 0 Å². The van der Waals surface area contributed by atoms with E-state index in [0.717, 1.165) is 5.69 Å². The molecule has 1 aromatic carbocycles. The quantitative estimate of drug-likeness (QED) is 0.874. The van der Waals surface area contributed by atoms with E-state index in [1.807, 2.05) is 30.3 Å². The van der Waals surface area contributed by atoms with E-state index in [0.29, 0.717) is 10.2 Å². The third-order valence-electron chi connectivity index (χ3n) is 1.74. The lowest BCUT2D eigenvalue weighted by Gasteiger charge is -2.01. The standard InChI is InChI=1S/C10H7ClN2OS/c11-10-13-8(6-15-10)9(14)12-7-4-2-1-3-5-7/h1-6H,(H,12,14). The van der Waals surface area contributed by atoms with Crippen LogP contribution in [0.2, 0.25) is 4.47 Å². The molecular formula is C10H7ClN2OS. The van der Waals surface area contributed by atoms with Gasteiger partial charge in [0, 0.05) is 11.1 Å². The summed E-state index contributed by atoms with van der Waals surface area (Å²) in [4.78, 5) is 15.5. The van der Waals surface area contributed by atoms with Crippen LogP contribution in [0.1, 0.15) is 10.5 Å². The average Bonchev–Trinajstić information content (AvgIpc) is 2.66. The second-order valence-electron chi connectivity index (χ2n) is 2.81. The van der Waals surface area contributed by atoms with Gasteiger partial charge in [-0.1, -0.05) is 29.8 Å². The van der Waals surface area contributed by atoms with Gasteiger partial charge in [-0.3, -0.25) is 4.79 Å². The molecule has 0 radical (unpaired) electrons. The van der Waals surface area contributed by atoms with Gasteiger partial charge in [-0.15, -0.1) is 11.3 Å². The van der Waals surface area contributed by atoms with Crippen LogP contribution in [0.25, 0.3) is 0 Å². The molecule has 0 aliphatic rings. The molecule has 0 atom stereocenters. The summed E-state index contributed by atoms with van der Waals surface area (Å²) in [7, 11) is 0. The number of benzene rings is 1. The number of carbonyl (C=O) groups is 1. The summed E-state index contributed by atoms with van der Waals surface area (Å²) in [6, 6.07) is 9.21. The molecule has 0 fully saturated rings. The Morgan fingerprint density at radius 1 is 1.33 bits per heavy atom. The van der Waals surface area contributed by atoms with E-state index in [9.17, 15) is 4.79 Å². The average molecular weight is 239 g/mol. The van der Waals surface area contributed by atoms with Gasteiger partial charge in [-0.25, -0.2) is 4.98 Å². The predicted octanol–water partition coefficient (Wildman–Crippen LogP) is 3.05. The number of carbonyl (C=O) groups excluding carboxylic acids is 1. The molecule has 1 heterocycles. The van der Waals surface area contributed by atoms with Gasteiger partial charge in [-0.05, 0) is 12.1 Å². The molecule has 0 unspecified atom stereocenters. The Morgan fingerprint density at radius 3 is 2.67 bits per heavy atom. The topological polar surface area (TPSA) is 42.0 Å². The fourth-order valence-corrected chi connectivity index (χ4v) is 1.82. The summed E-state index contributed by atoms with van der Waals surface area (Å²) in [6.45, 7) is 0. The minimum Gasteiger partial charge on any atom is -0.321 e. The van der Waals surface area contributed by atoms with Gasteiger partial charge in [0.2, 0.25) is 0 Å². The van der Waals surface area contributed by atoms with Crippen molar-refractivity contribution >= 4 is 34.5 Å². The molecule has 0 bridgehead atoms. The van der Waals surface area contributed by atoms with Crippen LogP contribution in [0.15, 0.2) is 35.7 Å². The van der Waals surface area contributed by atoms with E-state index >= 15 is 0 Å². The van der Waals surface area contributed by atoms with Crippen LogP contribution in [0.4, 0.5) is 5.69 Å². The first-order chi connectivity index (χ1) is 7.25. The number of nitrogens with zero attached hydrogens (tertiary/aromatic N) is 1. The number of rotatable bonds is 2. The molecule has 0 spiro atoms. The number of thiazole rings is 1. The minimum atomic E-state index is -0.246. The minimum absolute atomic E-state index is 0.246. The molecule has 3 nitrogen and oxygen atoms in total. The van der Waals surface area contributed by atoms with Crippen LogP contribution >= 0.6 is 22.9 Å². The van der Waals surface area contributed by atoms with Gasteiger partial charge in [-0.2, -0.15) is 0 Å². The van der Waals surface area contributed by atoms with Crippen molar-refractivity contribution in [1.29, 1.82) is 0 Å². The number of halogens is 1. The number of nitrogens with one attached hydrogen (secondary N) is 1.